The van der Waals surface area contributed by atoms with Crippen LogP contribution in [0.4, 0.5) is 8.78 Å². The highest BCUT2D eigenvalue weighted by Crippen LogP contribution is 2.23. The van der Waals surface area contributed by atoms with Crippen molar-refractivity contribution >= 4 is 23.2 Å². The summed E-state index contributed by atoms with van der Waals surface area (Å²) in [5.74, 6) is -3.17. The first-order valence-electron chi connectivity index (χ1n) is 8.86. The minimum absolute atomic E-state index is 0.142. The van der Waals surface area contributed by atoms with E-state index in [1.165, 1.54) is 24.5 Å². The molecule has 150 valence electrons. The normalized spacial score (nSPS) is 11.7. The Balaban J connectivity index is 1.82. The first-order valence-corrected chi connectivity index (χ1v) is 9.68. The van der Waals surface area contributed by atoms with Crippen molar-refractivity contribution in [2.75, 3.05) is 7.05 Å². The first-order chi connectivity index (χ1) is 13.9. The van der Waals surface area contributed by atoms with Crippen molar-refractivity contribution in [2.45, 2.75) is 19.4 Å². The molecule has 5 nitrogen and oxygen atoms in total. The number of aryl methyl sites for hydroxylation is 1. The Bertz CT molecular complexity index is 1040. The highest BCUT2D eigenvalue weighted by atomic mass is 32.1. The van der Waals surface area contributed by atoms with E-state index in [2.05, 4.69) is 15.6 Å². The minimum Gasteiger partial charge on any atom is -0.357 e. The molecule has 3 rings (SSSR count). The van der Waals surface area contributed by atoms with Crippen LogP contribution in [-0.2, 0) is 11.2 Å². The summed E-state index contributed by atoms with van der Waals surface area (Å²) in [7, 11) is 1.40. The van der Waals surface area contributed by atoms with Crippen molar-refractivity contribution in [3.63, 3.8) is 0 Å². The summed E-state index contributed by atoms with van der Waals surface area (Å²) in [5.41, 5.74) is 1.75. The zero-order valence-corrected chi connectivity index (χ0v) is 16.6. The molecule has 0 fully saturated rings. The number of rotatable bonds is 6. The molecule has 0 radical (unpaired) electrons. The van der Waals surface area contributed by atoms with Crippen LogP contribution < -0.4 is 10.6 Å². The summed E-state index contributed by atoms with van der Waals surface area (Å²) < 4.78 is 26.9. The molecule has 2 aromatic carbocycles. The molecule has 1 unspecified atom stereocenters. The van der Waals surface area contributed by atoms with Crippen LogP contribution >= 0.6 is 11.3 Å². The van der Waals surface area contributed by atoms with Crippen LogP contribution in [0.1, 0.15) is 37.5 Å². The van der Waals surface area contributed by atoms with Gasteiger partial charge in [-0.05, 0) is 30.2 Å². The number of hydrogen-bond acceptors (Lipinski definition) is 4. The van der Waals surface area contributed by atoms with Crippen molar-refractivity contribution in [1.29, 1.82) is 0 Å². The SMILES string of the molecule is CNC(=O)C(NC(=O)c1sc(Cc2ccccc2)nc1C)c1ccc(F)c(F)c1. The Morgan fingerprint density at radius 1 is 1.10 bits per heavy atom. The van der Waals surface area contributed by atoms with E-state index in [0.717, 1.165) is 22.7 Å². The molecule has 0 saturated heterocycles. The molecule has 1 heterocycles. The Morgan fingerprint density at radius 3 is 2.48 bits per heavy atom. The average Bonchev–Trinajstić information content (AvgIpc) is 3.08. The van der Waals surface area contributed by atoms with Gasteiger partial charge in [-0.15, -0.1) is 11.3 Å². The number of benzene rings is 2. The number of aromatic nitrogens is 1. The number of likely N-dealkylation sites (N-methyl/N-ethyl adjacent to an activating group) is 1. The topological polar surface area (TPSA) is 71.1 Å². The highest BCUT2D eigenvalue weighted by Gasteiger charge is 2.25. The van der Waals surface area contributed by atoms with Crippen LogP contribution in [0.3, 0.4) is 0 Å². The van der Waals surface area contributed by atoms with Gasteiger partial charge < -0.3 is 10.6 Å². The Labute approximate surface area is 170 Å². The van der Waals surface area contributed by atoms with Gasteiger partial charge in [0.25, 0.3) is 5.91 Å². The number of halogens is 2. The van der Waals surface area contributed by atoms with E-state index in [0.29, 0.717) is 17.0 Å². The Hall–Kier alpha value is -3.13. The lowest BCUT2D eigenvalue weighted by Gasteiger charge is -2.17. The lowest BCUT2D eigenvalue weighted by atomic mass is 10.1. The lowest BCUT2D eigenvalue weighted by molar-refractivity contribution is -0.122. The maximum absolute atomic E-state index is 13.6. The summed E-state index contributed by atoms with van der Waals surface area (Å²) in [6, 6.07) is 11.6. The largest absolute Gasteiger partial charge is 0.357 e. The molecule has 0 aliphatic carbocycles. The quantitative estimate of drug-likeness (QED) is 0.647. The van der Waals surface area contributed by atoms with Gasteiger partial charge in [-0.25, -0.2) is 13.8 Å². The van der Waals surface area contributed by atoms with Gasteiger partial charge in [0.2, 0.25) is 5.91 Å². The smallest absolute Gasteiger partial charge is 0.264 e. The molecule has 2 amide bonds. The zero-order valence-electron chi connectivity index (χ0n) is 15.8. The van der Waals surface area contributed by atoms with Crippen molar-refractivity contribution in [3.05, 3.63) is 86.9 Å². The van der Waals surface area contributed by atoms with Crippen LogP contribution in [0.25, 0.3) is 0 Å². The second-order valence-electron chi connectivity index (χ2n) is 6.38. The van der Waals surface area contributed by atoms with Gasteiger partial charge in [0, 0.05) is 13.5 Å². The molecular formula is C21H19F2N3O2S. The van der Waals surface area contributed by atoms with E-state index < -0.39 is 29.5 Å². The summed E-state index contributed by atoms with van der Waals surface area (Å²) in [4.78, 5) is 29.9. The standard InChI is InChI=1S/C21H19F2N3O2S/c1-12-19(29-17(25-12)10-13-6-4-3-5-7-13)21(28)26-18(20(27)24-2)14-8-9-15(22)16(23)11-14/h3-9,11,18H,10H2,1-2H3,(H,24,27)(H,26,28). The number of nitrogens with one attached hydrogen (secondary N) is 2. The van der Waals surface area contributed by atoms with E-state index in [4.69, 9.17) is 0 Å². The number of amides is 2. The third kappa shape index (κ3) is 4.83. The summed E-state index contributed by atoms with van der Waals surface area (Å²) in [6.07, 6.45) is 0.585. The van der Waals surface area contributed by atoms with Crippen LogP contribution in [0.2, 0.25) is 0 Å². The van der Waals surface area contributed by atoms with Crippen LogP contribution in [0, 0.1) is 18.6 Å². The molecule has 29 heavy (non-hydrogen) atoms. The minimum atomic E-state index is -1.17. The number of carbonyl (C=O) groups is 2. The maximum atomic E-state index is 13.6. The van der Waals surface area contributed by atoms with Crippen LogP contribution in [-0.4, -0.2) is 23.8 Å². The molecule has 0 aliphatic rings. The lowest BCUT2D eigenvalue weighted by Crippen LogP contribution is -2.39. The molecule has 0 aliphatic heterocycles. The monoisotopic (exact) mass is 415 g/mol. The van der Waals surface area contributed by atoms with Gasteiger partial charge in [0.15, 0.2) is 11.6 Å². The molecule has 1 atom stereocenters. The molecule has 1 aromatic heterocycles. The maximum Gasteiger partial charge on any atom is 0.264 e. The second kappa shape index (κ2) is 8.91. The molecule has 2 N–H and O–H groups in total. The van der Waals surface area contributed by atoms with E-state index in [1.807, 2.05) is 30.3 Å². The third-order valence-electron chi connectivity index (χ3n) is 4.31. The Morgan fingerprint density at radius 2 is 1.83 bits per heavy atom. The fourth-order valence-corrected chi connectivity index (χ4v) is 3.84. The molecule has 0 bridgehead atoms. The van der Waals surface area contributed by atoms with Gasteiger partial charge in [-0.2, -0.15) is 0 Å². The predicted octanol–water partition coefficient (Wildman–Crippen LogP) is 3.54. The number of thiazole rings is 1. The first kappa shape index (κ1) is 20.6. The average molecular weight is 415 g/mol. The van der Waals surface area contributed by atoms with Crippen molar-refractivity contribution in [3.8, 4) is 0 Å². The van der Waals surface area contributed by atoms with Crippen LogP contribution in [0.15, 0.2) is 48.5 Å². The number of hydrogen-bond donors (Lipinski definition) is 2. The van der Waals surface area contributed by atoms with E-state index in [-0.39, 0.29) is 5.56 Å². The van der Waals surface area contributed by atoms with Gasteiger partial charge in [0.1, 0.15) is 10.9 Å². The Kier molecular flexibility index (Phi) is 6.33. The van der Waals surface area contributed by atoms with Crippen LogP contribution in [0.5, 0.6) is 0 Å². The third-order valence-corrected chi connectivity index (χ3v) is 5.46. The van der Waals surface area contributed by atoms with Crippen molar-refractivity contribution < 1.29 is 18.4 Å². The molecule has 0 spiro atoms. The molecule has 3 aromatic rings. The van der Waals surface area contributed by atoms with E-state index in [9.17, 15) is 18.4 Å². The number of carbonyl (C=O) groups excluding carboxylic acids is 2. The highest BCUT2D eigenvalue weighted by molar-refractivity contribution is 7.13. The summed E-state index contributed by atoms with van der Waals surface area (Å²) >= 11 is 1.24. The number of nitrogens with zero attached hydrogens (tertiary/aromatic N) is 1. The molecule has 8 heteroatoms. The summed E-state index contributed by atoms with van der Waals surface area (Å²) in [6.45, 7) is 1.71. The van der Waals surface area contributed by atoms with Gasteiger partial charge in [0.05, 0.1) is 10.7 Å². The van der Waals surface area contributed by atoms with Gasteiger partial charge in [-0.3, -0.25) is 9.59 Å². The van der Waals surface area contributed by atoms with Crippen molar-refractivity contribution in [2.24, 2.45) is 0 Å². The van der Waals surface area contributed by atoms with E-state index >= 15 is 0 Å². The molecular weight excluding hydrogens is 396 g/mol. The zero-order chi connectivity index (χ0) is 21.0. The fourth-order valence-electron chi connectivity index (χ4n) is 2.84. The predicted molar refractivity (Wildman–Crippen MR) is 107 cm³/mol. The summed E-state index contributed by atoms with van der Waals surface area (Å²) in [5, 5.41) is 5.79. The second-order valence-corrected chi connectivity index (χ2v) is 7.46. The van der Waals surface area contributed by atoms with Crippen molar-refractivity contribution in [1.82, 2.24) is 15.6 Å². The van der Waals surface area contributed by atoms with E-state index in [1.54, 1.807) is 6.92 Å². The van der Waals surface area contributed by atoms with Gasteiger partial charge >= 0.3 is 0 Å². The fraction of sp³-hybridized carbons (Fsp3) is 0.190. The van der Waals surface area contributed by atoms with Gasteiger partial charge in [-0.1, -0.05) is 36.4 Å². The molecule has 0 saturated carbocycles.